The minimum absolute atomic E-state index is 0.204. The van der Waals surface area contributed by atoms with Crippen molar-refractivity contribution >= 4 is 57.2 Å². The molecule has 0 heterocycles. The molecule has 6 heteroatoms. The third kappa shape index (κ3) is 4.82. The Bertz CT molecular complexity index is 889. The summed E-state index contributed by atoms with van der Waals surface area (Å²) in [6, 6.07) is 23.1. The fourth-order valence-electron chi connectivity index (χ4n) is 2.70. The van der Waals surface area contributed by atoms with Gasteiger partial charge in [-0.25, -0.2) is 0 Å². The second-order valence-electron chi connectivity index (χ2n) is 5.88. The molecule has 134 valence electrons. The zero-order chi connectivity index (χ0) is 18.6. The molecule has 0 aliphatic rings. The molecule has 3 aromatic carbocycles. The molecule has 0 saturated heterocycles. The van der Waals surface area contributed by atoms with Crippen molar-refractivity contribution in [2.24, 2.45) is 0 Å². The number of hydrogen-bond acceptors (Lipinski definition) is 2. The van der Waals surface area contributed by atoms with Crippen LogP contribution in [0.25, 0.3) is 10.8 Å². The van der Waals surface area contributed by atoms with Crippen molar-refractivity contribution in [1.29, 1.82) is 0 Å². The lowest BCUT2D eigenvalue weighted by Gasteiger charge is -2.28. The maximum absolute atomic E-state index is 12.4. The first-order valence-electron chi connectivity index (χ1n) is 8.08. The lowest BCUT2D eigenvalue weighted by molar-refractivity contribution is -0.120. The van der Waals surface area contributed by atoms with E-state index in [9.17, 15) is 4.79 Å². The second kappa shape index (κ2) is 8.17. The van der Waals surface area contributed by atoms with Crippen LogP contribution in [0.5, 0.6) is 0 Å². The van der Waals surface area contributed by atoms with E-state index < -0.39 is 9.96 Å². The van der Waals surface area contributed by atoms with E-state index >= 15 is 0 Å². The Kier molecular flexibility index (Phi) is 5.92. The van der Waals surface area contributed by atoms with Gasteiger partial charge in [-0.1, -0.05) is 102 Å². The number of hydrogen-bond donors (Lipinski definition) is 2. The first kappa shape index (κ1) is 18.8. The lowest BCUT2D eigenvalue weighted by atomic mass is 10.1. The molecule has 3 rings (SSSR count). The first-order valence-corrected chi connectivity index (χ1v) is 9.21. The molecule has 0 aliphatic heterocycles. The van der Waals surface area contributed by atoms with E-state index in [1.807, 2.05) is 72.8 Å². The van der Waals surface area contributed by atoms with Crippen LogP contribution in [0.15, 0.2) is 72.8 Å². The molecule has 1 amide bonds. The van der Waals surface area contributed by atoms with Gasteiger partial charge in [-0.3, -0.25) is 4.79 Å². The average Bonchev–Trinajstić information content (AvgIpc) is 2.61. The Balaban J connectivity index is 1.79. The number of carbonyl (C=O) groups excluding carboxylic acids is 1. The number of benzene rings is 3. The number of nitrogens with one attached hydrogen (secondary N) is 2. The SMILES string of the molecule is O=C(Cc1ccccc1)N[C@H](Nc1cccc2ccccc12)C(Cl)(Cl)Cl. The van der Waals surface area contributed by atoms with Gasteiger partial charge in [-0.15, -0.1) is 0 Å². The van der Waals surface area contributed by atoms with Gasteiger partial charge in [0.15, 0.2) is 0 Å². The van der Waals surface area contributed by atoms with E-state index in [4.69, 9.17) is 34.8 Å². The summed E-state index contributed by atoms with van der Waals surface area (Å²) in [6.07, 6.45) is -0.676. The Morgan fingerprint density at radius 2 is 1.54 bits per heavy atom. The monoisotopic (exact) mass is 406 g/mol. The highest BCUT2D eigenvalue weighted by molar-refractivity contribution is 6.68. The highest BCUT2D eigenvalue weighted by Crippen LogP contribution is 2.33. The van der Waals surface area contributed by atoms with Gasteiger partial charge < -0.3 is 10.6 Å². The standard InChI is InChI=1S/C20H17Cl3N2O/c21-20(22,23)19(25-18(26)13-14-7-2-1-3-8-14)24-17-12-6-10-15-9-4-5-11-16(15)17/h1-12,19,24H,13H2,(H,25,26)/t19-/m0/s1. The first-order chi connectivity index (χ1) is 12.4. The molecule has 0 aliphatic carbocycles. The fourth-order valence-corrected chi connectivity index (χ4v) is 3.03. The van der Waals surface area contributed by atoms with Gasteiger partial charge >= 0.3 is 0 Å². The van der Waals surface area contributed by atoms with Crippen molar-refractivity contribution in [3.8, 4) is 0 Å². The molecular weight excluding hydrogens is 391 g/mol. The van der Waals surface area contributed by atoms with E-state index in [0.29, 0.717) is 0 Å². The van der Waals surface area contributed by atoms with Gasteiger partial charge in [0.1, 0.15) is 6.17 Å². The zero-order valence-electron chi connectivity index (χ0n) is 13.8. The van der Waals surface area contributed by atoms with E-state index in [0.717, 1.165) is 22.0 Å². The molecule has 1 atom stereocenters. The van der Waals surface area contributed by atoms with Gasteiger partial charge in [0, 0.05) is 11.1 Å². The van der Waals surface area contributed by atoms with Crippen LogP contribution in [0, 0.1) is 0 Å². The molecule has 2 N–H and O–H groups in total. The molecule has 0 fully saturated rings. The third-order valence-corrected chi connectivity index (χ3v) is 4.58. The molecule has 0 bridgehead atoms. The molecule has 0 spiro atoms. The average molecular weight is 408 g/mol. The quantitative estimate of drug-likeness (QED) is 0.445. The van der Waals surface area contributed by atoms with Gasteiger partial charge in [0.2, 0.25) is 9.70 Å². The van der Waals surface area contributed by atoms with Crippen LogP contribution in [-0.2, 0) is 11.2 Å². The minimum Gasteiger partial charge on any atom is -0.361 e. The van der Waals surface area contributed by atoms with Gasteiger partial charge in [0.25, 0.3) is 0 Å². The third-order valence-electron chi connectivity index (χ3n) is 3.93. The largest absolute Gasteiger partial charge is 0.361 e. The minimum atomic E-state index is -1.72. The molecule has 3 aromatic rings. The summed E-state index contributed by atoms with van der Waals surface area (Å²) in [6.45, 7) is 0. The molecule has 0 radical (unpaired) electrons. The number of rotatable bonds is 5. The summed E-state index contributed by atoms with van der Waals surface area (Å²) in [5.41, 5.74) is 1.66. The summed E-state index contributed by atoms with van der Waals surface area (Å²) < 4.78 is -1.72. The van der Waals surface area contributed by atoms with Crippen molar-refractivity contribution in [3.63, 3.8) is 0 Å². The van der Waals surface area contributed by atoms with E-state index in [1.165, 1.54) is 0 Å². The van der Waals surface area contributed by atoms with Crippen molar-refractivity contribution in [2.45, 2.75) is 16.4 Å². The topological polar surface area (TPSA) is 41.1 Å². The van der Waals surface area contributed by atoms with Crippen molar-refractivity contribution in [1.82, 2.24) is 5.32 Å². The van der Waals surface area contributed by atoms with Gasteiger partial charge in [0.05, 0.1) is 6.42 Å². The predicted molar refractivity (Wildman–Crippen MR) is 110 cm³/mol. The Hall–Kier alpha value is -1.94. The smallest absolute Gasteiger partial charge is 0.228 e. The maximum atomic E-state index is 12.4. The highest BCUT2D eigenvalue weighted by Gasteiger charge is 2.34. The number of fused-ring (bicyclic) bond motifs is 1. The number of anilines is 1. The number of carbonyl (C=O) groups is 1. The van der Waals surface area contributed by atoms with Crippen LogP contribution in [0.1, 0.15) is 5.56 Å². The Morgan fingerprint density at radius 3 is 2.27 bits per heavy atom. The molecule has 3 nitrogen and oxygen atoms in total. The predicted octanol–water partition coefficient (Wildman–Crippen LogP) is 5.31. The highest BCUT2D eigenvalue weighted by atomic mass is 35.6. The van der Waals surface area contributed by atoms with Crippen LogP contribution in [0.4, 0.5) is 5.69 Å². The van der Waals surface area contributed by atoms with Crippen molar-refractivity contribution in [2.75, 3.05) is 5.32 Å². The molecule has 0 unspecified atom stereocenters. The van der Waals surface area contributed by atoms with E-state index in [1.54, 1.807) is 0 Å². The number of alkyl halides is 3. The Labute approximate surface area is 167 Å². The van der Waals surface area contributed by atoms with Gasteiger partial charge in [-0.05, 0) is 17.0 Å². The van der Waals surface area contributed by atoms with Gasteiger partial charge in [-0.2, -0.15) is 0 Å². The Morgan fingerprint density at radius 1 is 0.885 bits per heavy atom. The summed E-state index contributed by atoms with van der Waals surface area (Å²) in [4.78, 5) is 12.4. The number of amides is 1. The van der Waals surface area contributed by atoms with Crippen molar-refractivity contribution in [3.05, 3.63) is 78.4 Å². The summed E-state index contributed by atoms with van der Waals surface area (Å²) in [5, 5.41) is 7.95. The summed E-state index contributed by atoms with van der Waals surface area (Å²) in [5.74, 6) is -0.236. The molecule has 0 saturated carbocycles. The fraction of sp³-hybridized carbons (Fsp3) is 0.150. The van der Waals surface area contributed by atoms with Crippen molar-refractivity contribution < 1.29 is 4.79 Å². The van der Waals surface area contributed by atoms with E-state index in [2.05, 4.69) is 10.6 Å². The molecular formula is C20H17Cl3N2O. The summed E-state index contributed by atoms with van der Waals surface area (Å²) in [7, 11) is 0. The lowest BCUT2D eigenvalue weighted by Crippen LogP contribution is -2.49. The normalized spacial score (nSPS) is 12.6. The van der Waals surface area contributed by atoms with Crippen LogP contribution < -0.4 is 10.6 Å². The summed E-state index contributed by atoms with van der Waals surface area (Å²) >= 11 is 18.3. The van der Waals surface area contributed by atoms with Crippen LogP contribution in [0.2, 0.25) is 0 Å². The number of halogens is 3. The van der Waals surface area contributed by atoms with Crippen LogP contribution in [-0.4, -0.2) is 15.9 Å². The molecule has 26 heavy (non-hydrogen) atoms. The maximum Gasteiger partial charge on any atom is 0.228 e. The zero-order valence-corrected chi connectivity index (χ0v) is 16.0. The second-order valence-corrected chi connectivity index (χ2v) is 8.24. The van der Waals surface area contributed by atoms with E-state index in [-0.39, 0.29) is 12.3 Å². The van der Waals surface area contributed by atoms with Crippen LogP contribution in [0.3, 0.4) is 0 Å². The van der Waals surface area contributed by atoms with Crippen LogP contribution >= 0.6 is 34.8 Å². The molecule has 0 aromatic heterocycles.